The number of halogens is 1. The van der Waals surface area contributed by atoms with Crippen LogP contribution < -0.4 is 5.73 Å². The number of sulfonamides is 1. The number of rotatable bonds is 2. The molecular weight excluding hydrogens is 247 g/mol. The molecule has 2 rings (SSSR count). The highest BCUT2D eigenvalue weighted by Gasteiger charge is 2.43. The summed E-state index contributed by atoms with van der Waals surface area (Å²) in [6, 6.07) is 3.35. The Hall–Kier alpha value is -1.18. The second kappa shape index (κ2) is 3.66. The summed E-state index contributed by atoms with van der Waals surface area (Å²) in [5, 5.41) is 9.49. The van der Waals surface area contributed by atoms with Crippen molar-refractivity contribution >= 4 is 15.7 Å². The molecule has 0 aromatic heterocycles. The average Bonchev–Trinajstić information content (AvgIpc) is 2.18. The molecule has 1 heterocycles. The van der Waals surface area contributed by atoms with Gasteiger partial charge < -0.3 is 10.8 Å². The molecule has 1 saturated heterocycles. The van der Waals surface area contributed by atoms with E-state index < -0.39 is 21.4 Å². The van der Waals surface area contributed by atoms with Gasteiger partial charge in [-0.1, -0.05) is 0 Å². The van der Waals surface area contributed by atoms with Crippen LogP contribution in [0, 0.1) is 5.82 Å². The molecule has 7 heteroatoms. The highest BCUT2D eigenvalue weighted by Crippen LogP contribution is 2.28. The normalized spacial score (nSPS) is 19.9. The summed E-state index contributed by atoms with van der Waals surface area (Å²) in [5.41, 5.74) is 4.18. The van der Waals surface area contributed by atoms with Crippen molar-refractivity contribution in [2.45, 2.75) is 17.4 Å². The molecule has 0 unspecified atom stereocenters. The number of aliphatic hydroxyl groups is 1. The number of hydrogen-bond donors (Lipinski definition) is 2. The summed E-state index contributed by atoms with van der Waals surface area (Å²) in [4.78, 5) is -0.153. The molecule has 5 nitrogen and oxygen atoms in total. The first kappa shape index (κ1) is 12.3. The first-order valence-corrected chi connectivity index (χ1v) is 6.44. The van der Waals surface area contributed by atoms with Crippen molar-refractivity contribution in [2.24, 2.45) is 0 Å². The minimum absolute atomic E-state index is 0.0152. The minimum Gasteiger partial charge on any atom is -0.396 e. The van der Waals surface area contributed by atoms with Crippen LogP contribution >= 0.6 is 0 Å². The van der Waals surface area contributed by atoms with Crippen molar-refractivity contribution in [1.82, 2.24) is 4.31 Å². The fourth-order valence-electron chi connectivity index (χ4n) is 1.70. The lowest BCUT2D eigenvalue weighted by atomic mass is 10.0. The van der Waals surface area contributed by atoms with Gasteiger partial charge in [0.15, 0.2) is 0 Å². The van der Waals surface area contributed by atoms with E-state index in [4.69, 9.17) is 5.73 Å². The number of nitrogens with zero attached hydrogens (tertiary/aromatic N) is 1. The minimum atomic E-state index is -3.73. The van der Waals surface area contributed by atoms with E-state index in [1.807, 2.05) is 0 Å². The number of β-amino-alcohol motifs (C(OH)–C–C–N with tert-alkyl or cyclic N) is 1. The smallest absolute Gasteiger partial charge is 0.243 e. The molecule has 0 saturated carbocycles. The molecule has 0 bridgehead atoms. The van der Waals surface area contributed by atoms with Gasteiger partial charge >= 0.3 is 0 Å². The van der Waals surface area contributed by atoms with Crippen LogP contribution in [0.3, 0.4) is 0 Å². The Morgan fingerprint density at radius 2 is 2.06 bits per heavy atom. The molecule has 1 aliphatic heterocycles. The van der Waals surface area contributed by atoms with Gasteiger partial charge in [-0.05, 0) is 25.1 Å². The first-order chi connectivity index (χ1) is 7.72. The molecular formula is C10H13FN2O3S. The Kier molecular flexibility index (Phi) is 2.64. The largest absolute Gasteiger partial charge is 0.396 e. The zero-order valence-electron chi connectivity index (χ0n) is 9.22. The maximum Gasteiger partial charge on any atom is 0.243 e. The van der Waals surface area contributed by atoms with Gasteiger partial charge in [0.25, 0.3) is 0 Å². The monoisotopic (exact) mass is 260 g/mol. The van der Waals surface area contributed by atoms with Crippen LogP contribution in [-0.4, -0.2) is 36.5 Å². The number of nitrogen functional groups attached to an aromatic ring is 1. The fraction of sp³-hybridized carbons (Fsp3) is 0.400. The van der Waals surface area contributed by atoms with E-state index in [1.165, 1.54) is 12.1 Å². The Morgan fingerprint density at radius 1 is 1.47 bits per heavy atom. The van der Waals surface area contributed by atoms with E-state index in [2.05, 4.69) is 0 Å². The van der Waals surface area contributed by atoms with E-state index in [1.54, 1.807) is 6.92 Å². The third kappa shape index (κ3) is 2.13. The van der Waals surface area contributed by atoms with E-state index in [-0.39, 0.29) is 23.7 Å². The maximum absolute atomic E-state index is 13.2. The quantitative estimate of drug-likeness (QED) is 0.742. The average molecular weight is 260 g/mol. The molecule has 0 radical (unpaired) electrons. The van der Waals surface area contributed by atoms with Crippen LogP contribution in [-0.2, 0) is 10.0 Å². The topological polar surface area (TPSA) is 83.6 Å². The predicted molar refractivity (Wildman–Crippen MR) is 60.2 cm³/mol. The standard InChI is InChI=1S/C10H13FN2O3S/c1-10(14)5-13(6-10)17(15,16)7-2-3-9(12)8(11)4-7/h2-4,14H,5-6,12H2,1H3. The molecule has 3 N–H and O–H groups in total. The molecule has 0 spiro atoms. The lowest BCUT2D eigenvalue weighted by Crippen LogP contribution is -2.61. The van der Waals surface area contributed by atoms with Crippen LogP contribution in [0.5, 0.6) is 0 Å². The van der Waals surface area contributed by atoms with Crippen LogP contribution in [0.4, 0.5) is 10.1 Å². The van der Waals surface area contributed by atoms with E-state index >= 15 is 0 Å². The second-order valence-electron chi connectivity index (χ2n) is 4.45. The zero-order chi connectivity index (χ0) is 12.8. The van der Waals surface area contributed by atoms with Gasteiger partial charge in [0.1, 0.15) is 5.82 Å². The van der Waals surface area contributed by atoms with Gasteiger partial charge in [-0.3, -0.25) is 0 Å². The van der Waals surface area contributed by atoms with E-state index in [0.717, 1.165) is 10.4 Å². The van der Waals surface area contributed by atoms with Crippen molar-refractivity contribution in [2.75, 3.05) is 18.8 Å². The van der Waals surface area contributed by atoms with Gasteiger partial charge in [-0.15, -0.1) is 0 Å². The summed E-state index contributed by atoms with van der Waals surface area (Å²) in [6.45, 7) is 1.57. The Bertz CT molecular complexity index is 549. The molecule has 1 aromatic rings. The third-order valence-corrected chi connectivity index (χ3v) is 4.43. The summed E-state index contributed by atoms with van der Waals surface area (Å²) in [6.07, 6.45) is 0. The van der Waals surface area contributed by atoms with Crippen molar-refractivity contribution < 1.29 is 17.9 Å². The Balaban J connectivity index is 2.30. The molecule has 0 atom stereocenters. The molecule has 0 amide bonds. The second-order valence-corrected chi connectivity index (χ2v) is 6.39. The van der Waals surface area contributed by atoms with Crippen molar-refractivity contribution in [3.63, 3.8) is 0 Å². The lowest BCUT2D eigenvalue weighted by molar-refractivity contribution is -0.0426. The first-order valence-electron chi connectivity index (χ1n) is 5.00. The van der Waals surface area contributed by atoms with Crippen molar-refractivity contribution in [3.8, 4) is 0 Å². The van der Waals surface area contributed by atoms with Gasteiger partial charge in [0.2, 0.25) is 10.0 Å². The van der Waals surface area contributed by atoms with Gasteiger partial charge in [-0.25, -0.2) is 12.8 Å². The van der Waals surface area contributed by atoms with Gasteiger partial charge in [0, 0.05) is 13.1 Å². The predicted octanol–water partition coefficient (Wildman–Crippen LogP) is 0.163. The number of anilines is 1. The molecule has 1 aliphatic rings. The summed E-state index contributed by atoms with van der Waals surface area (Å²) in [5.74, 6) is -0.765. The highest BCUT2D eigenvalue weighted by atomic mass is 32.2. The molecule has 0 aliphatic carbocycles. The summed E-state index contributed by atoms with van der Waals surface area (Å²) >= 11 is 0. The van der Waals surface area contributed by atoms with Crippen LogP contribution in [0.2, 0.25) is 0 Å². The SMILES string of the molecule is CC1(O)CN(S(=O)(=O)c2ccc(N)c(F)c2)C1. The summed E-state index contributed by atoms with van der Waals surface area (Å²) in [7, 11) is -3.73. The lowest BCUT2D eigenvalue weighted by Gasteiger charge is -2.42. The summed E-state index contributed by atoms with van der Waals surface area (Å²) < 4.78 is 38.2. The Morgan fingerprint density at radius 3 is 2.53 bits per heavy atom. The van der Waals surface area contributed by atoms with E-state index in [0.29, 0.717) is 0 Å². The van der Waals surface area contributed by atoms with Gasteiger partial charge in [0.05, 0.1) is 16.2 Å². The Labute approximate surface area is 98.7 Å². The zero-order valence-corrected chi connectivity index (χ0v) is 10.0. The fourth-order valence-corrected chi connectivity index (χ4v) is 3.39. The molecule has 1 aromatic carbocycles. The van der Waals surface area contributed by atoms with Crippen molar-refractivity contribution in [3.05, 3.63) is 24.0 Å². The highest BCUT2D eigenvalue weighted by molar-refractivity contribution is 7.89. The van der Waals surface area contributed by atoms with Crippen LogP contribution in [0.25, 0.3) is 0 Å². The number of benzene rings is 1. The molecule has 94 valence electrons. The third-order valence-electron chi connectivity index (χ3n) is 2.64. The van der Waals surface area contributed by atoms with Crippen LogP contribution in [0.1, 0.15) is 6.92 Å². The van der Waals surface area contributed by atoms with Crippen LogP contribution in [0.15, 0.2) is 23.1 Å². The number of nitrogens with two attached hydrogens (primary N) is 1. The van der Waals surface area contributed by atoms with E-state index in [9.17, 15) is 17.9 Å². The van der Waals surface area contributed by atoms with Crippen molar-refractivity contribution in [1.29, 1.82) is 0 Å². The number of hydrogen-bond acceptors (Lipinski definition) is 4. The maximum atomic E-state index is 13.2. The molecule has 1 fully saturated rings. The molecule has 17 heavy (non-hydrogen) atoms. The van der Waals surface area contributed by atoms with Gasteiger partial charge in [-0.2, -0.15) is 4.31 Å².